The number of nitrogens with one attached hydrogen (secondary N) is 1. The molecule has 1 N–H and O–H groups in total. The predicted molar refractivity (Wildman–Crippen MR) is 118 cm³/mol. The summed E-state index contributed by atoms with van der Waals surface area (Å²) in [4.78, 5) is 17.3. The number of aromatic nitrogens is 4. The zero-order valence-electron chi connectivity index (χ0n) is 17.1. The molecule has 0 spiro atoms. The molecule has 0 bridgehead atoms. The molecule has 2 aromatic heterocycles. The van der Waals surface area contributed by atoms with Gasteiger partial charge in [0.05, 0.1) is 16.9 Å². The number of carbonyl (C=O) groups is 1. The van der Waals surface area contributed by atoms with Crippen molar-refractivity contribution in [2.75, 3.05) is 5.32 Å². The molecule has 0 aliphatic heterocycles. The van der Waals surface area contributed by atoms with Crippen LogP contribution in [0.2, 0.25) is 5.02 Å². The molecule has 0 unspecified atom stereocenters. The lowest BCUT2D eigenvalue weighted by molar-refractivity contribution is 0.102. The molecule has 1 aliphatic carbocycles. The van der Waals surface area contributed by atoms with E-state index in [0.717, 1.165) is 29.7 Å². The lowest BCUT2D eigenvalue weighted by atomic mass is 10.1. The molecule has 4 aromatic rings. The fourth-order valence-corrected chi connectivity index (χ4v) is 3.51. The fraction of sp³-hybridized carbons (Fsp3) is 0.217. The molecule has 7 nitrogen and oxygen atoms in total. The van der Waals surface area contributed by atoms with Crippen LogP contribution < -0.4 is 5.32 Å². The third-order valence-corrected chi connectivity index (χ3v) is 5.58. The van der Waals surface area contributed by atoms with Gasteiger partial charge in [-0.15, -0.1) is 0 Å². The Bertz CT molecular complexity index is 1270. The van der Waals surface area contributed by atoms with Crippen molar-refractivity contribution in [2.45, 2.75) is 32.6 Å². The summed E-state index contributed by atoms with van der Waals surface area (Å²) < 4.78 is 7.11. The minimum absolute atomic E-state index is 0.230. The maximum Gasteiger partial charge on any atom is 0.259 e. The van der Waals surface area contributed by atoms with Crippen molar-refractivity contribution in [2.24, 2.45) is 0 Å². The molecule has 2 aromatic carbocycles. The SMILES string of the molecule is Cc1ccc(-c2noc(C3CC3)n2)cc1-n1cc(C(=O)Nc2ccc(Cl)cc2)c(C)n1. The Morgan fingerprint density at radius 2 is 1.94 bits per heavy atom. The van der Waals surface area contributed by atoms with Crippen LogP contribution in [0.1, 0.15) is 46.3 Å². The van der Waals surface area contributed by atoms with Gasteiger partial charge in [-0.1, -0.05) is 28.9 Å². The highest BCUT2D eigenvalue weighted by molar-refractivity contribution is 6.30. The Hall–Kier alpha value is -3.45. The molecule has 1 aliphatic rings. The molecular formula is C23H20ClN5O2. The van der Waals surface area contributed by atoms with E-state index in [9.17, 15) is 4.79 Å². The van der Waals surface area contributed by atoms with Gasteiger partial charge in [0.25, 0.3) is 5.91 Å². The van der Waals surface area contributed by atoms with Crippen molar-refractivity contribution in [3.63, 3.8) is 0 Å². The van der Waals surface area contributed by atoms with Gasteiger partial charge < -0.3 is 9.84 Å². The van der Waals surface area contributed by atoms with Gasteiger partial charge >= 0.3 is 0 Å². The maximum absolute atomic E-state index is 12.8. The second-order valence-corrected chi connectivity index (χ2v) is 8.20. The Balaban J connectivity index is 1.43. The van der Waals surface area contributed by atoms with Crippen LogP contribution in [0.15, 0.2) is 53.2 Å². The van der Waals surface area contributed by atoms with Crippen LogP contribution >= 0.6 is 11.6 Å². The lowest BCUT2D eigenvalue weighted by Crippen LogP contribution is -2.12. The number of rotatable bonds is 5. The van der Waals surface area contributed by atoms with Gasteiger partial charge in [-0.3, -0.25) is 4.79 Å². The Morgan fingerprint density at radius 3 is 2.68 bits per heavy atom. The van der Waals surface area contributed by atoms with Crippen LogP contribution in [-0.4, -0.2) is 25.8 Å². The van der Waals surface area contributed by atoms with Gasteiger partial charge in [-0.25, -0.2) is 4.68 Å². The monoisotopic (exact) mass is 433 g/mol. The van der Waals surface area contributed by atoms with Gasteiger partial charge in [0.2, 0.25) is 11.7 Å². The van der Waals surface area contributed by atoms with Gasteiger partial charge in [0.15, 0.2) is 0 Å². The number of nitrogens with zero attached hydrogens (tertiary/aromatic N) is 4. The minimum Gasteiger partial charge on any atom is -0.339 e. The van der Waals surface area contributed by atoms with Crippen LogP contribution in [0, 0.1) is 13.8 Å². The topological polar surface area (TPSA) is 85.8 Å². The van der Waals surface area contributed by atoms with E-state index in [0.29, 0.717) is 39.6 Å². The van der Waals surface area contributed by atoms with E-state index in [1.54, 1.807) is 35.1 Å². The van der Waals surface area contributed by atoms with Crippen molar-refractivity contribution in [1.82, 2.24) is 19.9 Å². The number of anilines is 1. The normalized spacial score (nSPS) is 13.4. The minimum atomic E-state index is -0.230. The zero-order valence-corrected chi connectivity index (χ0v) is 17.8. The number of aryl methyl sites for hydroxylation is 2. The largest absolute Gasteiger partial charge is 0.339 e. The quantitative estimate of drug-likeness (QED) is 0.460. The number of hydrogen-bond acceptors (Lipinski definition) is 5. The van der Waals surface area contributed by atoms with E-state index in [2.05, 4.69) is 20.6 Å². The number of hydrogen-bond donors (Lipinski definition) is 1. The summed E-state index contributed by atoms with van der Waals surface area (Å²) in [5.41, 5.74) is 4.51. The summed E-state index contributed by atoms with van der Waals surface area (Å²) in [5, 5.41) is 12.2. The summed E-state index contributed by atoms with van der Waals surface area (Å²) in [6, 6.07) is 12.9. The lowest BCUT2D eigenvalue weighted by Gasteiger charge is -2.07. The van der Waals surface area contributed by atoms with Crippen molar-refractivity contribution in [1.29, 1.82) is 0 Å². The third kappa shape index (κ3) is 3.96. The first-order valence-electron chi connectivity index (χ1n) is 10.1. The molecule has 8 heteroatoms. The molecule has 0 saturated heterocycles. The van der Waals surface area contributed by atoms with Gasteiger partial charge in [0, 0.05) is 28.4 Å². The Morgan fingerprint density at radius 1 is 1.16 bits per heavy atom. The number of halogens is 1. The van der Waals surface area contributed by atoms with Crippen molar-refractivity contribution in [3.8, 4) is 17.1 Å². The van der Waals surface area contributed by atoms with Crippen molar-refractivity contribution >= 4 is 23.2 Å². The van der Waals surface area contributed by atoms with E-state index < -0.39 is 0 Å². The van der Waals surface area contributed by atoms with Gasteiger partial charge in [-0.05, 0) is 62.6 Å². The molecule has 156 valence electrons. The number of benzene rings is 2. The van der Waals surface area contributed by atoms with Crippen LogP contribution in [0.25, 0.3) is 17.1 Å². The molecule has 5 rings (SSSR count). The van der Waals surface area contributed by atoms with Crippen LogP contribution in [0.4, 0.5) is 5.69 Å². The van der Waals surface area contributed by atoms with E-state index in [-0.39, 0.29) is 5.91 Å². The highest BCUT2D eigenvalue weighted by Crippen LogP contribution is 2.39. The van der Waals surface area contributed by atoms with Crippen LogP contribution in [0.5, 0.6) is 0 Å². The van der Waals surface area contributed by atoms with Gasteiger partial charge in [-0.2, -0.15) is 10.1 Å². The smallest absolute Gasteiger partial charge is 0.259 e. The fourth-order valence-electron chi connectivity index (χ4n) is 3.38. The van der Waals surface area contributed by atoms with E-state index in [4.69, 9.17) is 16.1 Å². The van der Waals surface area contributed by atoms with Crippen molar-refractivity contribution < 1.29 is 9.32 Å². The van der Waals surface area contributed by atoms with Gasteiger partial charge in [0.1, 0.15) is 0 Å². The molecule has 1 saturated carbocycles. The first-order chi connectivity index (χ1) is 15.0. The molecule has 2 heterocycles. The molecule has 1 amide bonds. The molecular weight excluding hydrogens is 414 g/mol. The standard InChI is InChI=1S/C23H20ClN5O2/c1-13-3-4-16(21-26-23(31-28-21)15-5-6-15)11-20(13)29-12-19(14(2)27-29)22(30)25-18-9-7-17(24)8-10-18/h3-4,7-12,15H,5-6H2,1-2H3,(H,25,30). The van der Waals surface area contributed by atoms with E-state index in [1.165, 1.54) is 0 Å². The average Bonchev–Trinajstić information content (AvgIpc) is 3.36. The highest BCUT2D eigenvalue weighted by atomic mass is 35.5. The summed E-state index contributed by atoms with van der Waals surface area (Å²) in [5.74, 6) is 1.44. The summed E-state index contributed by atoms with van der Waals surface area (Å²) >= 11 is 5.91. The average molecular weight is 434 g/mol. The van der Waals surface area contributed by atoms with Crippen LogP contribution in [-0.2, 0) is 0 Å². The van der Waals surface area contributed by atoms with Crippen LogP contribution in [0.3, 0.4) is 0 Å². The zero-order chi connectivity index (χ0) is 21.5. The molecule has 31 heavy (non-hydrogen) atoms. The second kappa shape index (κ2) is 7.67. The summed E-state index contributed by atoms with van der Waals surface area (Å²) in [6.45, 7) is 3.81. The van der Waals surface area contributed by atoms with Crippen molar-refractivity contribution in [3.05, 3.63) is 76.4 Å². The third-order valence-electron chi connectivity index (χ3n) is 5.33. The summed E-state index contributed by atoms with van der Waals surface area (Å²) in [7, 11) is 0. The van der Waals surface area contributed by atoms with E-state index >= 15 is 0 Å². The molecule has 0 atom stereocenters. The summed E-state index contributed by atoms with van der Waals surface area (Å²) in [6.07, 6.45) is 3.95. The van der Waals surface area contributed by atoms with E-state index in [1.807, 2.05) is 32.0 Å². The number of carbonyl (C=O) groups excluding carboxylic acids is 1. The molecule has 1 fully saturated rings. The first kappa shape index (κ1) is 19.5. The predicted octanol–water partition coefficient (Wildman–Crippen LogP) is 5.32. The highest BCUT2D eigenvalue weighted by Gasteiger charge is 2.29. The Kier molecular flexibility index (Phi) is 4.82. The maximum atomic E-state index is 12.8. The molecule has 0 radical (unpaired) electrons. The first-order valence-corrected chi connectivity index (χ1v) is 10.4. The Labute approximate surface area is 184 Å². The number of amides is 1. The second-order valence-electron chi connectivity index (χ2n) is 7.77.